The molecule has 4 fully saturated rings. The SMILES string of the molecule is Cc1cc(N2C[C@H](c3cccc(F)c3F)[C@H]3[C@@H]2C2CCN3CC2)nc(N)n1. The fraction of sp³-hybridized carbons (Fsp3) is 0.500. The standard InChI is InChI=1S/C20H23F2N5/c1-11-9-16(25-20(23)24-11)27-10-14(13-3-2-4-15(21)17(13)22)19-18(27)12-5-7-26(19)8-6-12/h2-4,9,12,14,18-19H,5-8,10H2,1H3,(H2,23,24,25)/t14-,18+,19+/m1/s1. The number of hydrogen-bond acceptors (Lipinski definition) is 5. The number of hydrogen-bond donors (Lipinski definition) is 1. The van der Waals surface area contributed by atoms with Crippen LogP contribution in [0.1, 0.15) is 30.0 Å². The molecule has 5 nitrogen and oxygen atoms in total. The highest BCUT2D eigenvalue weighted by Gasteiger charge is 2.54. The second kappa shape index (κ2) is 6.12. The van der Waals surface area contributed by atoms with Crippen LogP contribution < -0.4 is 10.6 Å². The average Bonchev–Trinajstić information content (AvgIpc) is 3.07. The number of aromatic nitrogens is 2. The van der Waals surface area contributed by atoms with Gasteiger partial charge in [-0.05, 0) is 50.4 Å². The Morgan fingerprint density at radius 3 is 2.63 bits per heavy atom. The highest BCUT2D eigenvalue weighted by atomic mass is 19.2. The summed E-state index contributed by atoms with van der Waals surface area (Å²) in [4.78, 5) is 13.4. The zero-order valence-corrected chi connectivity index (χ0v) is 15.3. The van der Waals surface area contributed by atoms with E-state index in [4.69, 9.17) is 5.73 Å². The molecule has 4 aliphatic rings. The van der Waals surface area contributed by atoms with Crippen molar-refractivity contribution in [3.8, 4) is 0 Å². The van der Waals surface area contributed by atoms with E-state index in [9.17, 15) is 8.78 Å². The van der Waals surface area contributed by atoms with Gasteiger partial charge in [-0.3, -0.25) is 4.90 Å². The van der Waals surface area contributed by atoms with Gasteiger partial charge < -0.3 is 10.6 Å². The van der Waals surface area contributed by atoms with Crippen LogP contribution in [0.25, 0.3) is 0 Å². The van der Waals surface area contributed by atoms with E-state index >= 15 is 0 Å². The van der Waals surface area contributed by atoms with Crippen LogP contribution >= 0.6 is 0 Å². The van der Waals surface area contributed by atoms with Gasteiger partial charge in [0.15, 0.2) is 11.6 Å². The van der Waals surface area contributed by atoms with Gasteiger partial charge in [0.05, 0.1) is 0 Å². The third-order valence-corrected chi connectivity index (χ3v) is 6.53. The number of benzene rings is 1. The minimum atomic E-state index is -0.777. The summed E-state index contributed by atoms with van der Waals surface area (Å²) in [7, 11) is 0. The first-order valence-corrected chi connectivity index (χ1v) is 9.58. The first-order valence-electron chi connectivity index (χ1n) is 9.58. The Balaban J connectivity index is 1.61. The lowest BCUT2D eigenvalue weighted by Crippen LogP contribution is -2.60. The molecule has 0 saturated carbocycles. The summed E-state index contributed by atoms with van der Waals surface area (Å²) < 4.78 is 28.6. The normalized spacial score (nSPS) is 32.0. The van der Waals surface area contributed by atoms with Gasteiger partial charge >= 0.3 is 0 Å². The zero-order chi connectivity index (χ0) is 18.7. The molecule has 6 rings (SSSR count). The molecule has 1 aromatic carbocycles. The van der Waals surface area contributed by atoms with E-state index in [-0.39, 0.29) is 23.9 Å². The summed E-state index contributed by atoms with van der Waals surface area (Å²) in [5.41, 5.74) is 7.18. The molecule has 2 aromatic rings. The van der Waals surface area contributed by atoms with Crippen molar-refractivity contribution in [2.75, 3.05) is 30.3 Å². The van der Waals surface area contributed by atoms with Gasteiger partial charge in [0.25, 0.3) is 0 Å². The van der Waals surface area contributed by atoms with Crippen molar-refractivity contribution < 1.29 is 8.78 Å². The number of piperidine rings is 3. The lowest BCUT2D eigenvalue weighted by Gasteiger charge is -2.51. The number of aryl methyl sites for hydroxylation is 1. The smallest absolute Gasteiger partial charge is 0.222 e. The lowest BCUT2D eigenvalue weighted by molar-refractivity contribution is 0.0350. The summed E-state index contributed by atoms with van der Waals surface area (Å²) in [6.45, 7) is 4.56. The van der Waals surface area contributed by atoms with Crippen molar-refractivity contribution >= 4 is 11.8 Å². The summed E-state index contributed by atoms with van der Waals surface area (Å²) in [6, 6.07) is 6.88. The first-order chi connectivity index (χ1) is 13.0. The van der Waals surface area contributed by atoms with Crippen LogP contribution in [0.15, 0.2) is 24.3 Å². The van der Waals surface area contributed by atoms with Gasteiger partial charge in [0.1, 0.15) is 5.82 Å². The van der Waals surface area contributed by atoms with Crippen molar-refractivity contribution in [2.45, 2.75) is 37.8 Å². The van der Waals surface area contributed by atoms with Crippen LogP contribution in [0.3, 0.4) is 0 Å². The molecule has 5 heterocycles. The molecule has 4 aliphatic heterocycles. The molecule has 4 saturated heterocycles. The zero-order valence-electron chi connectivity index (χ0n) is 15.3. The van der Waals surface area contributed by atoms with E-state index < -0.39 is 11.6 Å². The number of nitrogens with zero attached hydrogens (tertiary/aromatic N) is 4. The van der Waals surface area contributed by atoms with Crippen molar-refractivity contribution in [1.29, 1.82) is 0 Å². The lowest BCUT2D eigenvalue weighted by atomic mass is 9.75. The summed E-state index contributed by atoms with van der Waals surface area (Å²) in [6.07, 6.45) is 2.27. The number of halogens is 2. The largest absolute Gasteiger partial charge is 0.368 e. The number of fused-ring (bicyclic) bond motifs is 2. The molecule has 0 amide bonds. The fourth-order valence-electron chi connectivity index (χ4n) is 5.48. The molecule has 3 atom stereocenters. The molecular weight excluding hydrogens is 348 g/mol. The minimum Gasteiger partial charge on any atom is -0.368 e. The Kier molecular flexibility index (Phi) is 3.82. The van der Waals surface area contributed by atoms with Gasteiger partial charge in [0.2, 0.25) is 5.95 Å². The van der Waals surface area contributed by atoms with E-state index in [0.717, 1.165) is 37.4 Å². The predicted octanol–water partition coefficient (Wildman–Crippen LogP) is 2.71. The van der Waals surface area contributed by atoms with E-state index in [2.05, 4.69) is 19.8 Å². The topological polar surface area (TPSA) is 58.3 Å². The quantitative estimate of drug-likeness (QED) is 0.880. The highest BCUT2D eigenvalue weighted by molar-refractivity contribution is 5.49. The van der Waals surface area contributed by atoms with Crippen LogP contribution in [0, 0.1) is 24.5 Å². The molecule has 0 unspecified atom stereocenters. The van der Waals surface area contributed by atoms with Crippen LogP contribution in [0.5, 0.6) is 0 Å². The third-order valence-electron chi connectivity index (χ3n) is 6.53. The monoisotopic (exact) mass is 371 g/mol. The van der Waals surface area contributed by atoms with E-state index in [1.807, 2.05) is 13.0 Å². The second-order valence-corrected chi connectivity index (χ2v) is 7.98. The second-order valence-electron chi connectivity index (χ2n) is 7.98. The third kappa shape index (κ3) is 2.59. The van der Waals surface area contributed by atoms with Crippen molar-refractivity contribution in [1.82, 2.24) is 14.9 Å². The highest BCUT2D eigenvalue weighted by Crippen LogP contribution is 2.48. The molecule has 0 spiro atoms. The van der Waals surface area contributed by atoms with Crippen molar-refractivity contribution in [2.24, 2.45) is 5.92 Å². The Bertz CT molecular complexity index is 860. The van der Waals surface area contributed by atoms with Gasteiger partial charge in [-0.1, -0.05) is 12.1 Å². The van der Waals surface area contributed by atoms with Gasteiger partial charge in [-0.15, -0.1) is 0 Å². The van der Waals surface area contributed by atoms with Crippen LogP contribution in [0.4, 0.5) is 20.5 Å². The number of rotatable bonds is 2. The van der Waals surface area contributed by atoms with Crippen LogP contribution in [-0.4, -0.2) is 46.6 Å². The Labute approximate surface area is 157 Å². The number of anilines is 2. The maximum atomic E-state index is 14.7. The molecule has 2 N–H and O–H groups in total. The summed E-state index contributed by atoms with van der Waals surface area (Å²) >= 11 is 0. The van der Waals surface area contributed by atoms with Crippen LogP contribution in [0.2, 0.25) is 0 Å². The van der Waals surface area contributed by atoms with Crippen molar-refractivity contribution in [3.63, 3.8) is 0 Å². The van der Waals surface area contributed by atoms with E-state index in [1.54, 1.807) is 12.1 Å². The van der Waals surface area contributed by atoms with Gasteiger partial charge in [-0.2, -0.15) is 4.98 Å². The minimum absolute atomic E-state index is 0.0923. The van der Waals surface area contributed by atoms with Crippen molar-refractivity contribution in [3.05, 3.63) is 47.2 Å². The molecule has 0 aliphatic carbocycles. The van der Waals surface area contributed by atoms with Crippen LogP contribution in [-0.2, 0) is 0 Å². The number of nitrogen functional groups attached to an aromatic ring is 1. The molecule has 1 aromatic heterocycles. The van der Waals surface area contributed by atoms with Gasteiger partial charge in [-0.25, -0.2) is 13.8 Å². The number of nitrogens with two attached hydrogens (primary N) is 1. The molecular formula is C20H23F2N5. The first kappa shape index (κ1) is 16.9. The molecule has 7 heteroatoms. The maximum absolute atomic E-state index is 14.7. The molecule has 142 valence electrons. The van der Waals surface area contributed by atoms with E-state index in [1.165, 1.54) is 6.07 Å². The van der Waals surface area contributed by atoms with E-state index in [0.29, 0.717) is 18.0 Å². The predicted molar refractivity (Wildman–Crippen MR) is 99.5 cm³/mol. The molecule has 0 radical (unpaired) electrons. The Hall–Kier alpha value is -2.28. The molecule has 27 heavy (non-hydrogen) atoms. The summed E-state index contributed by atoms with van der Waals surface area (Å²) in [5.74, 6) is -0.000549. The Morgan fingerprint density at radius 2 is 1.89 bits per heavy atom. The fourth-order valence-corrected chi connectivity index (χ4v) is 5.48. The maximum Gasteiger partial charge on any atom is 0.222 e. The Morgan fingerprint density at radius 1 is 1.11 bits per heavy atom. The average molecular weight is 371 g/mol. The van der Waals surface area contributed by atoms with Gasteiger partial charge in [0, 0.05) is 36.3 Å². The molecule has 2 bridgehead atoms. The summed E-state index contributed by atoms with van der Waals surface area (Å²) in [5, 5.41) is 0.